The number of fused-ring (bicyclic) bond motifs is 1. The normalized spacial score (nSPS) is 31.9. The average molecular weight is 319 g/mol. The first-order valence-electron chi connectivity index (χ1n) is 6.72. The van der Waals surface area contributed by atoms with Gasteiger partial charge in [-0.25, -0.2) is 4.79 Å². The van der Waals surface area contributed by atoms with Crippen LogP contribution in [0.4, 0.5) is 0 Å². The topological polar surface area (TPSA) is 71.1 Å². The zero-order chi connectivity index (χ0) is 15.8. The molecule has 4 atom stereocenters. The van der Waals surface area contributed by atoms with Gasteiger partial charge in [-0.2, -0.15) is 0 Å². The third-order valence-electron chi connectivity index (χ3n) is 3.36. The number of hydrogen-bond acceptors (Lipinski definition) is 6. The van der Waals surface area contributed by atoms with Gasteiger partial charge >= 0.3 is 11.9 Å². The molecule has 21 heavy (non-hydrogen) atoms. The van der Waals surface area contributed by atoms with Gasteiger partial charge in [0.1, 0.15) is 17.6 Å². The number of carbonyl (C=O) groups is 2. The number of rotatable bonds is 3. The third-order valence-corrected chi connectivity index (χ3v) is 3.53. The number of alkyl halides is 1. The molecule has 0 radical (unpaired) electrons. The highest BCUT2D eigenvalue weighted by Gasteiger charge is 2.49. The molecule has 118 valence electrons. The van der Waals surface area contributed by atoms with Crippen molar-refractivity contribution in [3.63, 3.8) is 0 Å². The predicted molar refractivity (Wildman–Crippen MR) is 73.7 cm³/mol. The largest absolute Gasteiger partial charge is 0.466 e. The Morgan fingerprint density at radius 1 is 1.43 bits per heavy atom. The standard InChI is InChI=1S/C14H19ClO6/c1-7(15)12(16)19-9-5-8(13(17)18-4)6-10-11(9)21-14(2,3)20-10/h5,7,9-11H,6H2,1-4H3/t7?,9-,10-,11+/m1/s1. The highest BCUT2D eigenvalue weighted by Crippen LogP contribution is 2.38. The van der Waals surface area contributed by atoms with Gasteiger partial charge in [0, 0.05) is 12.0 Å². The van der Waals surface area contributed by atoms with E-state index >= 15 is 0 Å². The second kappa shape index (κ2) is 5.94. The summed E-state index contributed by atoms with van der Waals surface area (Å²) in [6.45, 7) is 5.06. The van der Waals surface area contributed by atoms with Gasteiger partial charge in [0.2, 0.25) is 0 Å². The van der Waals surface area contributed by atoms with E-state index < -0.39 is 35.3 Å². The van der Waals surface area contributed by atoms with Crippen molar-refractivity contribution in [2.24, 2.45) is 0 Å². The van der Waals surface area contributed by atoms with E-state index in [0.717, 1.165) is 0 Å². The van der Waals surface area contributed by atoms with Gasteiger partial charge in [-0.1, -0.05) is 0 Å². The summed E-state index contributed by atoms with van der Waals surface area (Å²) in [6.07, 6.45) is 0.337. The third kappa shape index (κ3) is 3.56. The summed E-state index contributed by atoms with van der Waals surface area (Å²) in [5.74, 6) is -1.84. The molecule has 0 aromatic carbocycles. The van der Waals surface area contributed by atoms with E-state index in [9.17, 15) is 9.59 Å². The molecule has 1 heterocycles. The molecule has 1 unspecified atom stereocenters. The molecule has 1 fully saturated rings. The van der Waals surface area contributed by atoms with Gasteiger partial charge < -0.3 is 18.9 Å². The fraction of sp³-hybridized carbons (Fsp3) is 0.714. The fourth-order valence-corrected chi connectivity index (χ4v) is 2.54. The van der Waals surface area contributed by atoms with Crippen molar-refractivity contribution in [1.29, 1.82) is 0 Å². The van der Waals surface area contributed by atoms with E-state index in [1.54, 1.807) is 19.9 Å². The molecule has 0 amide bonds. The van der Waals surface area contributed by atoms with Crippen LogP contribution in [0.3, 0.4) is 0 Å². The Kier molecular flexibility index (Phi) is 4.60. The van der Waals surface area contributed by atoms with Crippen molar-refractivity contribution in [2.75, 3.05) is 7.11 Å². The van der Waals surface area contributed by atoms with E-state index in [4.69, 9.17) is 30.5 Å². The van der Waals surface area contributed by atoms with Crippen LogP contribution in [0.15, 0.2) is 11.6 Å². The minimum atomic E-state index is -0.800. The van der Waals surface area contributed by atoms with Crippen LogP contribution in [0.25, 0.3) is 0 Å². The quantitative estimate of drug-likeness (QED) is 0.581. The summed E-state index contributed by atoms with van der Waals surface area (Å²) in [7, 11) is 1.30. The molecule has 7 heteroatoms. The summed E-state index contributed by atoms with van der Waals surface area (Å²) >= 11 is 5.71. The highest BCUT2D eigenvalue weighted by atomic mass is 35.5. The van der Waals surface area contributed by atoms with E-state index in [0.29, 0.717) is 12.0 Å². The van der Waals surface area contributed by atoms with Crippen molar-refractivity contribution >= 4 is 23.5 Å². The molecule has 0 aromatic heterocycles. The fourth-order valence-electron chi connectivity index (χ4n) is 2.49. The van der Waals surface area contributed by atoms with Gasteiger partial charge in [0.25, 0.3) is 0 Å². The summed E-state index contributed by atoms with van der Waals surface area (Å²) in [5.41, 5.74) is 0.403. The van der Waals surface area contributed by atoms with Crippen LogP contribution in [0, 0.1) is 0 Å². The molecule has 0 N–H and O–H groups in total. The summed E-state index contributed by atoms with van der Waals surface area (Å²) < 4.78 is 21.6. The number of halogens is 1. The Labute approximate surface area is 128 Å². The Balaban J connectivity index is 2.23. The average Bonchev–Trinajstić information content (AvgIpc) is 2.71. The van der Waals surface area contributed by atoms with Crippen LogP contribution in [0.5, 0.6) is 0 Å². The van der Waals surface area contributed by atoms with Crippen molar-refractivity contribution in [3.8, 4) is 0 Å². The monoisotopic (exact) mass is 318 g/mol. The zero-order valence-electron chi connectivity index (χ0n) is 12.4. The number of methoxy groups -OCH3 is 1. The number of hydrogen-bond donors (Lipinski definition) is 0. The van der Waals surface area contributed by atoms with Crippen LogP contribution in [-0.4, -0.2) is 48.5 Å². The van der Waals surface area contributed by atoms with E-state index in [2.05, 4.69) is 0 Å². The molecule has 0 aromatic rings. The maximum Gasteiger partial charge on any atom is 0.333 e. The molecule has 1 aliphatic heterocycles. The summed E-state index contributed by atoms with van der Waals surface area (Å²) in [5, 5.41) is -0.782. The minimum Gasteiger partial charge on any atom is -0.466 e. The minimum absolute atomic E-state index is 0.352. The number of esters is 2. The van der Waals surface area contributed by atoms with Crippen LogP contribution in [0.1, 0.15) is 27.2 Å². The Bertz CT molecular complexity index is 470. The maximum atomic E-state index is 11.7. The molecule has 0 bridgehead atoms. The predicted octanol–water partition coefficient (Wildman–Crippen LogP) is 1.55. The molecule has 0 saturated carbocycles. The van der Waals surface area contributed by atoms with Crippen LogP contribution in [-0.2, 0) is 28.5 Å². The lowest BCUT2D eigenvalue weighted by molar-refractivity contribution is -0.165. The molecule has 0 spiro atoms. The number of carbonyl (C=O) groups excluding carboxylic acids is 2. The maximum absolute atomic E-state index is 11.7. The van der Waals surface area contributed by atoms with Gasteiger partial charge in [-0.05, 0) is 26.8 Å². The lowest BCUT2D eigenvalue weighted by Crippen LogP contribution is -2.42. The zero-order valence-corrected chi connectivity index (χ0v) is 13.2. The Hall–Kier alpha value is -1.11. The lowest BCUT2D eigenvalue weighted by Gasteiger charge is -2.29. The van der Waals surface area contributed by atoms with Gasteiger partial charge in [0.15, 0.2) is 5.79 Å². The first-order valence-corrected chi connectivity index (χ1v) is 7.16. The molecule has 2 rings (SSSR count). The summed E-state index contributed by atoms with van der Waals surface area (Å²) in [4.78, 5) is 23.4. The van der Waals surface area contributed by atoms with Crippen molar-refractivity contribution in [3.05, 3.63) is 11.6 Å². The molecule has 6 nitrogen and oxygen atoms in total. The van der Waals surface area contributed by atoms with Crippen molar-refractivity contribution in [2.45, 2.75) is 56.7 Å². The van der Waals surface area contributed by atoms with Crippen molar-refractivity contribution < 1.29 is 28.5 Å². The molecule has 1 saturated heterocycles. The van der Waals surface area contributed by atoms with E-state index in [1.165, 1.54) is 14.0 Å². The Morgan fingerprint density at radius 3 is 2.67 bits per heavy atom. The molecular weight excluding hydrogens is 300 g/mol. The van der Waals surface area contributed by atoms with Crippen LogP contribution in [0.2, 0.25) is 0 Å². The van der Waals surface area contributed by atoms with Crippen LogP contribution >= 0.6 is 11.6 Å². The second-order valence-corrected chi connectivity index (χ2v) is 6.20. The second-order valence-electron chi connectivity index (χ2n) is 5.54. The SMILES string of the molecule is COC(=O)C1=C[C@@H](OC(=O)C(C)Cl)[C@@H]2OC(C)(C)O[C@@H]2C1. The first-order chi connectivity index (χ1) is 9.73. The molecule has 2 aliphatic rings. The first kappa shape index (κ1) is 16.3. The number of ether oxygens (including phenoxy) is 4. The summed E-state index contributed by atoms with van der Waals surface area (Å²) in [6, 6.07) is 0. The Morgan fingerprint density at radius 2 is 2.10 bits per heavy atom. The van der Waals surface area contributed by atoms with Gasteiger partial charge in [-0.15, -0.1) is 11.6 Å². The van der Waals surface area contributed by atoms with Crippen LogP contribution < -0.4 is 0 Å². The molecular formula is C14H19ClO6. The smallest absolute Gasteiger partial charge is 0.333 e. The van der Waals surface area contributed by atoms with E-state index in [1.807, 2.05) is 0 Å². The van der Waals surface area contributed by atoms with Crippen molar-refractivity contribution in [1.82, 2.24) is 0 Å². The highest BCUT2D eigenvalue weighted by molar-refractivity contribution is 6.29. The van der Waals surface area contributed by atoms with Gasteiger partial charge in [0.05, 0.1) is 13.2 Å². The van der Waals surface area contributed by atoms with E-state index in [-0.39, 0.29) is 6.10 Å². The van der Waals surface area contributed by atoms with Gasteiger partial charge in [-0.3, -0.25) is 4.79 Å². The lowest BCUT2D eigenvalue weighted by atomic mass is 9.92. The molecule has 1 aliphatic carbocycles.